The number of hydrogen-bond donors (Lipinski definition) is 1. The molecule has 0 aromatic heterocycles. The van der Waals surface area contributed by atoms with Crippen LogP contribution in [0.3, 0.4) is 0 Å². The Balaban J connectivity index is 1.43. The SMILES string of the molecule is O=[N+]([O-])c1ccc(CC2CCC3c4ccccc4CNC3C2)cc1. The summed E-state index contributed by atoms with van der Waals surface area (Å²) in [6.07, 6.45) is 4.67. The lowest BCUT2D eigenvalue weighted by Gasteiger charge is -2.41. The van der Waals surface area contributed by atoms with E-state index in [4.69, 9.17) is 0 Å². The van der Waals surface area contributed by atoms with E-state index < -0.39 is 0 Å². The first-order valence-corrected chi connectivity index (χ1v) is 8.75. The molecule has 2 aliphatic rings. The molecule has 0 saturated heterocycles. The molecule has 124 valence electrons. The molecule has 1 N–H and O–H groups in total. The van der Waals surface area contributed by atoms with Crippen LogP contribution in [0.5, 0.6) is 0 Å². The fourth-order valence-corrected chi connectivity index (χ4v) is 4.43. The van der Waals surface area contributed by atoms with Crippen LogP contribution in [-0.2, 0) is 13.0 Å². The van der Waals surface area contributed by atoms with Gasteiger partial charge in [0.05, 0.1) is 4.92 Å². The average molecular weight is 322 g/mol. The summed E-state index contributed by atoms with van der Waals surface area (Å²) < 4.78 is 0. The summed E-state index contributed by atoms with van der Waals surface area (Å²) >= 11 is 0. The number of fused-ring (bicyclic) bond motifs is 3. The van der Waals surface area contributed by atoms with Crippen molar-refractivity contribution in [3.05, 3.63) is 75.3 Å². The van der Waals surface area contributed by atoms with Gasteiger partial charge in [-0.15, -0.1) is 0 Å². The molecule has 2 aromatic rings. The lowest BCUT2D eigenvalue weighted by molar-refractivity contribution is -0.384. The molecule has 2 aromatic carbocycles. The van der Waals surface area contributed by atoms with Gasteiger partial charge in [-0.25, -0.2) is 0 Å². The number of benzene rings is 2. The molecule has 4 heteroatoms. The summed E-state index contributed by atoms with van der Waals surface area (Å²) in [5.41, 5.74) is 4.37. The van der Waals surface area contributed by atoms with Gasteiger partial charge in [-0.05, 0) is 54.2 Å². The normalized spacial score (nSPS) is 25.6. The van der Waals surface area contributed by atoms with Crippen molar-refractivity contribution in [2.24, 2.45) is 5.92 Å². The molecule has 4 rings (SSSR count). The van der Waals surface area contributed by atoms with Crippen molar-refractivity contribution in [3.63, 3.8) is 0 Å². The molecular formula is C20H22N2O2. The molecule has 1 aliphatic heterocycles. The van der Waals surface area contributed by atoms with Crippen molar-refractivity contribution in [2.75, 3.05) is 0 Å². The zero-order valence-electron chi connectivity index (χ0n) is 13.7. The van der Waals surface area contributed by atoms with Gasteiger partial charge in [0.1, 0.15) is 0 Å². The molecule has 1 fully saturated rings. The maximum atomic E-state index is 10.8. The molecule has 1 aliphatic carbocycles. The number of nitro benzene ring substituents is 1. The smallest absolute Gasteiger partial charge is 0.269 e. The van der Waals surface area contributed by atoms with E-state index in [2.05, 4.69) is 29.6 Å². The standard InChI is InChI=1S/C20H22N2O2/c23-22(24)17-8-5-14(6-9-17)11-15-7-10-19-18-4-2-1-3-16(18)13-21-20(19)12-15/h1-6,8-9,15,19-21H,7,10-13H2. The second-order valence-corrected chi connectivity index (χ2v) is 7.10. The van der Waals surface area contributed by atoms with E-state index in [1.165, 1.54) is 36.0 Å². The molecule has 0 radical (unpaired) electrons. The van der Waals surface area contributed by atoms with Crippen LogP contribution in [0.4, 0.5) is 5.69 Å². The van der Waals surface area contributed by atoms with Crippen LogP contribution in [0.1, 0.15) is 41.9 Å². The molecular weight excluding hydrogens is 300 g/mol. The third kappa shape index (κ3) is 2.94. The van der Waals surface area contributed by atoms with Crippen molar-refractivity contribution in [2.45, 2.75) is 44.2 Å². The Hall–Kier alpha value is -2.20. The van der Waals surface area contributed by atoms with Gasteiger partial charge in [-0.3, -0.25) is 10.1 Å². The van der Waals surface area contributed by atoms with E-state index in [1.54, 1.807) is 12.1 Å². The summed E-state index contributed by atoms with van der Waals surface area (Å²) in [7, 11) is 0. The number of hydrogen-bond acceptors (Lipinski definition) is 3. The monoisotopic (exact) mass is 322 g/mol. The van der Waals surface area contributed by atoms with Crippen LogP contribution >= 0.6 is 0 Å². The number of rotatable bonds is 3. The highest BCUT2D eigenvalue weighted by molar-refractivity contribution is 5.35. The summed E-state index contributed by atoms with van der Waals surface area (Å²) in [6, 6.07) is 16.4. The number of non-ortho nitro benzene ring substituents is 1. The van der Waals surface area contributed by atoms with E-state index in [0.29, 0.717) is 17.9 Å². The van der Waals surface area contributed by atoms with Gasteiger partial charge in [-0.2, -0.15) is 0 Å². The van der Waals surface area contributed by atoms with E-state index >= 15 is 0 Å². The van der Waals surface area contributed by atoms with E-state index in [-0.39, 0.29) is 10.6 Å². The molecule has 0 bridgehead atoms. The first-order valence-electron chi connectivity index (χ1n) is 8.75. The molecule has 24 heavy (non-hydrogen) atoms. The zero-order valence-corrected chi connectivity index (χ0v) is 13.7. The van der Waals surface area contributed by atoms with E-state index in [1.807, 2.05) is 12.1 Å². The van der Waals surface area contributed by atoms with Crippen LogP contribution in [-0.4, -0.2) is 11.0 Å². The number of nitrogens with zero attached hydrogens (tertiary/aromatic N) is 1. The maximum absolute atomic E-state index is 10.8. The van der Waals surface area contributed by atoms with Crippen molar-refractivity contribution in [3.8, 4) is 0 Å². The minimum absolute atomic E-state index is 0.174. The van der Waals surface area contributed by atoms with Gasteiger partial charge in [0.25, 0.3) is 5.69 Å². The molecule has 0 spiro atoms. The third-order valence-electron chi connectivity index (χ3n) is 5.64. The van der Waals surface area contributed by atoms with Crippen LogP contribution in [0, 0.1) is 16.0 Å². The quantitative estimate of drug-likeness (QED) is 0.681. The minimum atomic E-state index is -0.335. The van der Waals surface area contributed by atoms with Gasteiger partial charge in [0.15, 0.2) is 0 Å². The lowest BCUT2D eigenvalue weighted by Crippen LogP contribution is -2.43. The van der Waals surface area contributed by atoms with Crippen LogP contribution in [0.25, 0.3) is 0 Å². The van der Waals surface area contributed by atoms with Gasteiger partial charge in [0, 0.05) is 24.7 Å². The van der Waals surface area contributed by atoms with Crippen molar-refractivity contribution >= 4 is 5.69 Å². The fraction of sp³-hybridized carbons (Fsp3) is 0.400. The van der Waals surface area contributed by atoms with Gasteiger partial charge in [0.2, 0.25) is 0 Å². The fourth-order valence-electron chi connectivity index (χ4n) is 4.43. The lowest BCUT2D eigenvalue weighted by atomic mass is 9.71. The number of nitro groups is 1. The predicted molar refractivity (Wildman–Crippen MR) is 94.0 cm³/mol. The van der Waals surface area contributed by atoms with Gasteiger partial charge < -0.3 is 5.32 Å². The molecule has 3 unspecified atom stereocenters. The first kappa shape index (κ1) is 15.3. The highest BCUT2D eigenvalue weighted by Crippen LogP contribution is 2.41. The summed E-state index contributed by atoms with van der Waals surface area (Å²) in [6.45, 7) is 0.974. The second-order valence-electron chi connectivity index (χ2n) is 7.10. The Bertz CT molecular complexity index is 742. The Kier molecular flexibility index (Phi) is 4.07. The molecule has 1 saturated carbocycles. The largest absolute Gasteiger partial charge is 0.309 e. The second kappa shape index (κ2) is 6.36. The van der Waals surface area contributed by atoms with Crippen LogP contribution in [0.2, 0.25) is 0 Å². The summed E-state index contributed by atoms with van der Waals surface area (Å²) in [5.74, 6) is 1.30. The molecule has 3 atom stereocenters. The van der Waals surface area contributed by atoms with Crippen molar-refractivity contribution < 1.29 is 4.92 Å². The molecule has 4 nitrogen and oxygen atoms in total. The van der Waals surface area contributed by atoms with Crippen molar-refractivity contribution in [1.82, 2.24) is 5.32 Å². The van der Waals surface area contributed by atoms with E-state index in [0.717, 1.165) is 13.0 Å². The Morgan fingerprint density at radius 1 is 1.08 bits per heavy atom. The Morgan fingerprint density at radius 2 is 1.88 bits per heavy atom. The van der Waals surface area contributed by atoms with Crippen LogP contribution in [0.15, 0.2) is 48.5 Å². The third-order valence-corrected chi connectivity index (χ3v) is 5.64. The van der Waals surface area contributed by atoms with Crippen molar-refractivity contribution in [1.29, 1.82) is 0 Å². The summed E-state index contributed by atoms with van der Waals surface area (Å²) in [4.78, 5) is 10.4. The van der Waals surface area contributed by atoms with E-state index in [9.17, 15) is 10.1 Å². The van der Waals surface area contributed by atoms with Gasteiger partial charge >= 0.3 is 0 Å². The predicted octanol–water partition coefficient (Wildman–Crippen LogP) is 4.19. The maximum Gasteiger partial charge on any atom is 0.269 e. The van der Waals surface area contributed by atoms with Gasteiger partial charge in [-0.1, -0.05) is 36.4 Å². The van der Waals surface area contributed by atoms with Crippen LogP contribution < -0.4 is 5.32 Å². The Labute approximate surface area is 142 Å². The molecule has 1 heterocycles. The zero-order chi connectivity index (χ0) is 16.5. The first-order chi connectivity index (χ1) is 11.7. The Morgan fingerprint density at radius 3 is 2.67 bits per heavy atom. The summed E-state index contributed by atoms with van der Waals surface area (Å²) in [5, 5.41) is 14.5. The highest BCUT2D eigenvalue weighted by Gasteiger charge is 2.34. The molecule has 0 amide bonds. The number of nitrogens with one attached hydrogen (secondary N) is 1. The topological polar surface area (TPSA) is 55.2 Å². The highest BCUT2D eigenvalue weighted by atomic mass is 16.6. The minimum Gasteiger partial charge on any atom is -0.309 e. The average Bonchev–Trinajstić information content (AvgIpc) is 2.62.